The van der Waals surface area contributed by atoms with Crippen molar-refractivity contribution in [3.63, 3.8) is 0 Å². The van der Waals surface area contributed by atoms with Gasteiger partial charge in [-0.3, -0.25) is 4.79 Å². The van der Waals surface area contributed by atoms with Gasteiger partial charge in [0.2, 0.25) is 5.91 Å². The predicted molar refractivity (Wildman–Crippen MR) is 63.4 cm³/mol. The lowest BCUT2D eigenvalue weighted by Gasteiger charge is -2.33. The van der Waals surface area contributed by atoms with E-state index in [-0.39, 0.29) is 11.9 Å². The van der Waals surface area contributed by atoms with Gasteiger partial charge in [-0.15, -0.1) is 0 Å². The Morgan fingerprint density at radius 1 is 1.59 bits per heavy atom. The minimum absolute atomic E-state index is 0.0366. The summed E-state index contributed by atoms with van der Waals surface area (Å²) in [6.07, 6.45) is 1.31. The van der Waals surface area contributed by atoms with Gasteiger partial charge >= 0.3 is 6.09 Å². The third kappa shape index (κ3) is 4.22. The molecule has 98 valence electrons. The fourth-order valence-electron chi connectivity index (χ4n) is 1.92. The minimum Gasteiger partial charge on any atom is -0.450 e. The molecule has 3 N–H and O–H groups in total. The summed E-state index contributed by atoms with van der Waals surface area (Å²) in [5.41, 5.74) is 5.56. The molecule has 0 aliphatic carbocycles. The topological polar surface area (TPSA) is 84.7 Å². The molecule has 6 heteroatoms. The fraction of sp³-hybridized carbons (Fsp3) is 0.818. The van der Waals surface area contributed by atoms with Gasteiger partial charge in [-0.05, 0) is 26.7 Å². The number of rotatable bonds is 3. The van der Waals surface area contributed by atoms with Crippen LogP contribution in [0.5, 0.6) is 0 Å². The average Bonchev–Trinajstić information content (AvgIpc) is 2.28. The molecule has 2 amide bonds. The van der Waals surface area contributed by atoms with Crippen molar-refractivity contribution in [1.82, 2.24) is 10.2 Å². The molecule has 1 aliphatic heterocycles. The average molecular weight is 243 g/mol. The molecule has 1 unspecified atom stereocenters. The zero-order chi connectivity index (χ0) is 12.8. The summed E-state index contributed by atoms with van der Waals surface area (Å²) in [5, 5.41) is 2.75. The van der Waals surface area contributed by atoms with E-state index < -0.39 is 12.1 Å². The van der Waals surface area contributed by atoms with E-state index in [1.54, 1.807) is 18.7 Å². The molecule has 0 aromatic heterocycles. The number of carbonyl (C=O) groups excluding carboxylic acids is 2. The largest absolute Gasteiger partial charge is 0.450 e. The van der Waals surface area contributed by atoms with Crippen molar-refractivity contribution < 1.29 is 14.3 Å². The monoisotopic (exact) mass is 243 g/mol. The molecular formula is C11H21N3O3. The molecule has 0 spiro atoms. The number of nitrogens with zero attached hydrogens (tertiary/aromatic N) is 1. The highest BCUT2D eigenvalue weighted by Gasteiger charge is 2.26. The van der Waals surface area contributed by atoms with E-state index >= 15 is 0 Å². The van der Waals surface area contributed by atoms with Crippen LogP contribution in [0.25, 0.3) is 0 Å². The van der Waals surface area contributed by atoms with E-state index in [1.165, 1.54) is 0 Å². The van der Waals surface area contributed by atoms with E-state index in [0.29, 0.717) is 19.7 Å². The maximum atomic E-state index is 11.7. The van der Waals surface area contributed by atoms with Crippen LogP contribution in [-0.4, -0.2) is 48.7 Å². The van der Waals surface area contributed by atoms with Crippen LogP contribution in [-0.2, 0) is 9.53 Å². The number of nitrogens with one attached hydrogen (secondary N) is 1. The quantitative estimate of drug-likeness (QED) is 0.734. The number of carbonyl (C=O) groups is 2. The lowest BCUT2D eigenvalue weighted by Crippen LogP contribution is -2.52. The molecular weight excluding hydrogens is 222 g/mol. The molecule has 0 bridgehead atoms. The van der Waals surface area contributed by atoms with Crippen LogP contribution in [0.2, 0.25) is 0 Å². The SMILES string of the molecule is CCOC(=O)NC1CCCN(C(=O)[C@@H](C)N)C1. The van der Waals surface area contributed by atoms with Gasteiger partial charge in [0.15, 0.2) is 0 Å². The molecule has 0 saturated carbocycles. The fourth-order valence-corrected chi connectivity index (χ4v) is 1.92. The van der Waals surface area contributed by atoms with E-state index in [4.69, 9.17) is 10.5 Å². The highest BCUT2D eigenvalue weighted by molar-refractivity contribution is 5.81. The molecule has 0 aromatic rings. The Balaban J connectivity index is 2.43. The lowest BCUT2D eigenvalue weighted by molar-refractivity contribution is -0.133. The number of hydrogen-bond acceptors (Lipinski definition) is 4. The first-order valence-corrected chi connectivity index (χ1v) is 6.02. The van der Waals surface area contributed by atoms with Gasteiger partial charge in [-0.25, -0.2) is 4.79 Å². The van der Waals surface area contributed by atoms with E-state index in [1.807, 2.05) is 0 Å². The van der Waals surface area contributed by atoms with Crippen molar-refractivity contribution in [2.45, 2.75) is 38.8 Å². The van der Waals surface area contributed by atoms with Gasteiger partial charge in [0.25, 0.3) is 0 Å². The maximum Gasteiger partial charge on any atom is 0.407 e. The third-order valence-corrected chi connectivity index (χ3v) is 2.72. The van der Waals surface area contributed by atoms with Crippen molar-refractivity contribution in [3.8, 4) is 0 Å². The van der Waals surface area contributed by atoms with Crippen molar-refractivity contribution in [2.75, 3.05) is 19.7 Å². The smallest absolute Gasteiger partial charge is 0.407 e. The predicted octanol–water partition coefficient (Wildman–Crippen LogP) is 0.0707. The van der Waals surface area contributed by atoms with Crippen molar-refractivity contribution in [2.24, 2.45) is 5.73 Å². The van der Waals surface area contributed by atoms with Crippen molar-refractivity contribution in [3.05, 3.63) is 0 Å². The number of ether oxygens (including phenoxy) is 1. The molecule has 17 heavy (non-hydrogen) atoms. The molecule has 2 atom stereocenters. The number of amides is 2. The summed E-state index contributed by atoms with van der Waals surface area (Å²) in [7, 11) is 0. The van der Waals surface area contributed by atoms with Crippen LogP contribution in [0.15, 0.2) is 0 Å². The number of likely N-dealkylation sites (tertiary alicyclic amines) is 1. The second-order valence-corrected chi connectivity index (χ2v) is 4.28. The van der Waals surface area contributed by atoms with Crippen LogP contribution in [0.1, 0.15) is 26.7 Å². The Bertz CT molecular complexity index is 281. The van der Waals surface area contributed by atoms with Crippen LogP contribution in [0, 0.1) is 0 Å². The van der Waals surface area contributed by atoms with Crippen molar-refractivity contribution >= 4 is 12.0 Å². The van der Waals surface area contributed by atoms with Gasteiger partial charge in [0, 0.05) is 19.1 Å². The van der Waals surface area contributed by atoms with Crippen molar-refractivity contribution in [1.29, 1.82) is 0 Å². The summed E-state index contributed by atoms with van der Waals surface area (Å²) in [6.45, 7) is 5.00. The number of nitrogens with two attached hydrogens (primary N) is 1. The Morgan fingerprint density at radius 3 is 2.88 bits per heavy atom. The zero-order valence-electron chi connectivity index (χ0n) is 10.4. The first-order valence-electron chi connectivity index (χ1n) is 6.02. The molecule has 0 radical (unpaired) electrons. The van der Waals surface area contributed by atoms with Crippen LogP contribution < -0.4 is 11.1 Å². The zero-order valence-corrected chi connectivity index (χ0v) is 10.4. The Hall–Kier alpha value is -1.30. The Labute approximate surface area is 101 Å². The van der Waals surface area contributed by atoms with E-state index in [0.717, 1.165) is 12.8 Å². The molecule has 1 heterocycles. The molecule has 0 aromatic carbocycles. The van der Waals surface area contributed by atoms with Gasteiger partial charge in [0.1, 0.15) is 0 Å². The Morgan fingerprint density at radius 2 is 2.29 bits per heavy atom. The first-order chi connectivity index (χ1) is 8.04. The Kier molecular flexibility index (Phi) is 5.21. The molecule has 1 aliphatic rings. The van der Waals surface area contributed by atoms with Gasteiger partial charge < -0.3 is 20.7 Å². The summed E-state index contributed by atoms with van der Waals surface area (Å²) >= 11 is 0. The summed E-state index contributed by atoms with van der Waals surface area (Å²) in [5.74, 6) is -0.0691. The van der Waals surface area contributed by atoms with Gasteiger partial charge in [0.05, 0.1) is 12.6 Å². The summed E-state index contributed by atoms with van der Waals surface area (Å²) in [4.78, 5) is 24.7. The molecule has 1 fully saturated rings. The third-order valence-electron chi connectivity index (χ3n) is 2.72. The molecule has 1 saturated heterocycles. The second-order valence-electron chi connectivity index (χ2n) is 4.28. The van der Waals surface area contributed by atoms with E-state index in [2.05, 4.69) is 5.32 Å². The number of hydrogen-bond donors (Lipinski definition) is 2. The molecule has 6 nitrogen and oxygen atoms in total. The van der Waals surface area contributed by atoms with E-state index in [9.17, 15) is 9.59 Å². The highest BCUT2D eigenvalue weighted by Crippen LogP contribution is 2.11. The van der Waals surface area contributed by atoms with Gasteiger partial charge in [-0.2, -0.15) is 0 Å². The first kappa shape index (κ1) is 13.8. The van der Waals surface area contributed by atoms with Crippen LogP contribution in [0.4, 0.5) is 4.79 Å². The standard InChI is InChI=1S/C11H21N3O3/c1-3-17-11(16)13-9-5-4-6-14(7-9)10(15)8(2)12/h8-9H,3-7,12H2,1-2H3,(H,13,16)/t8-,9?/m1/s1. The number of piperidine rings is 1. The minimum atomic E-state index is -0.489. The summed E-state index contributed by atoms with van der Waals surface area (Å²) < 4.78 is 4.81. The van der Waals surface area contributed by atoms with Gasteiger partial charge in [-0.1, -0.05) is 0 Å². The molecule has 1 rings (SSSR count). The summed E-state index contributed by atoms with van der Waals surface area (Å²) in [6, 6.07) is -0.526. The maximum absolute atomic E-state index is 11.7. The highest BCUT2D eigenvalue weighted by atomic mass is 16.5. The normalized spacial score (nSPS) is 21.8. The number of alkyl carbamates (subject to hydrolysis) is 1. The lowest BCUT2D eigenvalue weighted by atomic mass is 10.1. The van der Waals surface area contributed by atoms with Crippen LogP contribution >= 0.6 is 0 Å². The second kappa shape index (κ2) is 6.44. The van der Waals surface area contributed by atoms with Crippen LogP contribution in [0.3, 0.4) is 0 Å².